The Labute approximate surface area is 674 Å². The zero-order valence-electron chi connectivity index (χ0n) is 69.1. The van der Waals surface area contributed by atoms with Crippen LogP contribution in [0.1, 0.15) is 316 Å². The van der Waals surface area contributed by atoms with E-state index in [2.05, 4.69) is 203 Å². The number of aliphatic hydroxyl groups excluding tert-OH is 2. The van der Waals surface area contributed by atoms with Crippen molar-refractivity contribution in [1.82, 2.24) is 0 Å². The molecule has 0 radical (unpaired) electrons. The largest absolute Gasteiger partial charge is 0.472 e. The van der Waals surface area contributed by atoms with Crippen LogP contribution in [0.15, 0.2) is 194 Å². The summed E-state index contributed by atoms with van der Waals surface area (Å²) in [7, 11) is -9.83. The van der Waals surface area contributed by atoms with Crippen LogP contribution >= 0.6 is 15.6 Å². The maximum atomic E-state index is 13.0. The first-order chi connectivity index (χ1) is 54.2. The maximum Gasteiger partial charge on any atom is 0.472 e. The van der Waals surface area contributed by atoms with E-state index >= 15 is 0 Å². The van der Waals surface area contributed by atoms with Crippen molar-refractivity contribution in [2.45, 2.75) is 334 Å². The van der Waals surface area contributed by atoms with Crippen molar-refractivity contribution < 1.29 is 75.8 Å². The molecule has 0 amide bonds. The molecule has 0 aliphatic heterocycles. The van der Waals surface area contributed by atoms with Crippen molar-refractivity contribution in [3.05, 3.63) is 194 Å². The molecule has 0 spiro atoms. The topological polar surface area (TPSA) is 231 Å². The summed E-state index contributed by atoms with van der Waals surface area (Å²) in [6.45, 7) is 2.27. The van der Waals surface area contributed by atoms with Gasteiger partial charge in [0.05, 0.1) is 26.4 Å². The van der Waals surface area contributed by atoms with Gasteiger partial charge in [-0.1, -0.05) is 337 Å². The van der Waals surface area contributed by atoms with Gasteiger partial charge in [0.2, 0.25) is 0 Å². The Kier molecular flexibility index (Phi) is 79.6. The number of aliphatic hydroxyl groups is 2. The number of carbonyl (C=O) groups is 3. The molecule has 5 unspecified atom stereocenters. The molecular formula is C93H152O16P2. The molecule has 0 aliphatic carbocycles. The van der Waals surface area contributed by atoms with Gasteiger partial charge in [-0.25, -0.2) is 9.13 Å². The van der Waals surface area contributed by atoms with E-state index in [1.807, 2.05) is 12.2 Å². The Morgan fingerprint density at radius 1 is 0.252 bits per heavy atom. The first-order valence-corrected chi connectivity index (χ1v) is 45.7. The highest BCUT2D eigenvalue weighted by atomic mass is 31.2. The Bertz CT molecular complexity index is 2800. The lowest BCUT2D eigenvalue weighted by Gasteiger charge is -2.21. The lowest BCUT2D eigenvalue weighted by Crippen LogP contribution is -2.30. The number of carbonyl (C=O) groups excluding carboxylic acids is 3. The van der Waals surface area contributed by atoms with Crippen LogP contribution < -0.4 is 0 Å². The third kappa shape index (κ3) is 85.1. The number of rotatable bonds is 79. The van der Waals surface area contributed by atoms with Crippen LogP contribution in [0.25, 0.3) is 0 Å². The molecule has 0 heterocycles. The van der Waals surface area contributed by atoms with Crippen LogP contribution in [0, 0.1) is 0 Å². The van der Waals surface area contributed by atoms with Crippen LogP contribution in [0.2, 0.25) is 0 Å². The summed E-state index contributed by atoms with van der Waals surface area (Å²) in [6, 6.07) is 0. The predicted molar refractivity (Wildman–Crippen MR) is 463 cm³/mol. The van der Waals surface area contributed by atoms with Gasteiger partial charge >= 0.3 is 33.6 Å². The molecule has 0 aromatic carbocycles. The predicted octanol–water partition coefficient (Wildman–Crippen LogP) is 25.9. The van der Waals surface area contributed by atoms with Crippen LogP contribution in [0.3, 0.4) is 0 Å². The summed E-state index contributed by atoms with van der Waals surface area (Å²) in [5.74, 6) is -1.65. The third-order valence-electron chi connectivity index (χ3n) is 17.3. The molecule has 0 aromatic rings. The van der Waals surface area contributed by atoms with E-state index in [4.69, 9.17) is 32.3 Å². The van der Waals surface area contributed by atoms with E-state index in [1.54, 1.807) is 0 Å². The average Bonchev–Trinajstić information content (AvgIpc) is 0.901. The Morgan fingerprint density at radius 2 is 0.459 bits per heavy atom. The summed E-state index contributed by atoms with van der Waals surface area (Å²) >= 11 is 0. The van der Waals surface area contributed by atoms with E-state index in [9.17, 15) is 43.5 Å². The van der Waals surface area contributed by atoms with Crippen LogP contribution in [-0.4, -0.2) is 95.9 Å². The molecule has 5 atom stereocenters. The monoisotopic (exact) mass is 1590 g/mol. The minimum atomic E-state index is -4.96. The molecule has 630 valence electrons. The zero-order valence-corrected chi connectivity index (χ0v) is 70.8. The van der Waals surface area contributed by atoms with E-state index in [1.165, 1.54) is 83.5 Å². The number of hydrogen-bond donors (Lipinski definition) is 4. The van der Waals surface area contributed by atoms with Crippen molar-refractivity contribution in [2.75, 3.05) is 39.6 Å². The Morgan fingerprint density at radius 3 is 0.739 bits per heavy atom. The molecule has 4 N–H and O–H groups in total. The molecule has 0 bridgehead atoms. The molecule has 0 fully saturated rings. The molecule has 18 heteroatoms. The molecule has 16 nitrogen and oxygen atoms in total. The Balaban J connectivity index is 4.61. The van der Waals surface area contributed by atoms with Crippen molar-refractivity contribution in [3.8, 4) is 0 Å². The lowest BCUT2D eigenvalue weighted by molar-refractivity contribution is -0.161. The molecular weight excluding hydrogens is 1430 g/mol. The van der Waals surface area contributed by atoms with Crippen LogP contribution in [0.4, 0.5) is 0 Å². The minimum absolute atomic E-state index is 0.0202. The zero-order chi connectivity index (χ0) is 80.8. The second kappa shape index (κ2) is 83.8. The van der Waals surface area contributed by atoms with Gasteiger partial charge in [0.1, 0.15) is 25.4 Å². The fraction of sp³-hybridized carbons (Fsp3) is 0.624. The van der Waals surface area contributed by atoms with E-state index < -0.39 is 91.5 Å². The standard InChI is InChI=1S/C93H152O16P2/c1-4-7-10-13-16-19-22-25-28-31-33-35-37-39-41-43-45-47-49-51-53-56-58-61-64-67-70-73-76-79-91(96)103-82-88(94)83-105-110(99,100)106-84-89(95)85-107-111(101,102)108-87-90(109-93(98)81-78-75-72-69-66-63-60-55-30-27-24-21-18-15-12-9-6-3)86-104-92(97)80-77-74-71-68-65-62-59-57-54-52-50-48-46-44-42-40-38-36-34-32-29-26-23-20-17-14-11-8-5-2/h7-12,16-21,25-30,33-36,39-42,45,47,60,63,69,72,88-90,94-95H,4-6,13-15,22-24,31-32,37-38,43-44,46,48-59,61-62,64-68,70-71,73-87H2,1-3H3,(H,99,100)(H,101,102)/b10-7-,11-8-,12-9-,19-16-,20-17-,21-18-,28-25-,29-26-,30-27-,35-33-,36-34-,41-39-,42-40-,47-45-,63-60-,72-69-. The molecule has 0 saturated carbocycles. The highest BCUT2D eigenvalue weighted by Crippen LogP contribution is 2.45. The van der Waals surface area contributed by atoms with E-state index in [0.29, 0.717) is 25.7 Å². The van der Waals surface area contributed by atoms with Gasteiger partial charge in [-0.3, -0.25) is 32.5 Å². The molecule has 0 aliphatic rings. The number of phosphoric ester groups is 2. The molecule has 0 rings (SSSR count). The van der Waals surface area contributed by atoms with E-state index in [0.717, 1.165) is 167 Å². The maximum absolute atomic E-state index is 13.0. The first kappa shape index (κ1) is 105. The highest BCUT2D eigenvalue weighted by molar-refractivity contribution is 7.47. The smallest absolute Gasteiger partial charge is 0.463 e. The van der Waals surface area contributed by atoms with Crippen molar-refractivity contribution in [1.29, 1.82) is 0 Å². The van der Waals surface area contributed by atoms with Crippen LogP contribution in [0.5, 0.6) is 0 Å². The minimum Gasteiger partial charge on any atom is -0.463 e. The summed E-state index contributed by atoms with van der Waals surface area (Å²) in [5.41, 5.74) is 0. The number of unbranched alkanes of at least 4 members (excludes halogenated alkanes) is 24. The van der Waals surface area contributed by atoms with Gasteiger partial charge < -0.3 is 34.2 Å². The average molecular weight is 1590 g/mol. The van der Waals surface area contributed by atoms with Crippen LogP contribution in [-0.2, 0) is 55.8 Å². The number of phosphoric acid groups is 2. The van der Waals surface area contributed by atoms with Crippen molar-refractivity contribution in [3.63, 3.8) is 0 Å². The fourth-order valence-corrected chi connectivity index (χ4v) is 12.5. The second-order valence-corrected chi connectivity index (χ2v) is 30.7. The number of hydrogen-bond acceptors (Lipinski definition) is 14. The highest BCUT2D eigenvalue weighted by Gasteiger charge is 2.29. The number of allylic oxidation sites excluding steroid dienone is 32. The second-order valence-electron chi connectivity index (χ2n) is 27.8. The lowest BCUT2D eigenvalue weighted by atomic mass is 10.0. The number of ether oxygens (including phenoxy) is 3. The normalized spacial score (nSPS) is 14.8. The first-order valence-electron chi connectivity index (χ1n) is 42.7. The SMILES string of the molecule is CC/C=C\C/C=C\C/C=C\C/C=C\C/C=C\C/C=C\CCCCCCCCCCCCC(=O)OCC(O)COP(=O)(O)OCC(O)COP(=O)(O)OCC(COC(=O)CCCCCCCCCCCCCCC/C=C\C/C=C\C/C=C\C/C=C\C/C=C\CC)OC(=O)CCC/C=C\C/C=C\C/C=C\C/C=C\C/C=C\CC. The van der Waals surface area contributed by atoms with Gasteiger partial charge in [0, 0.05) is 19.3 Å². The van der Waals surface area contributed by atoms with Gasteiger partial charge in [-0.2, -0.15) is 0 Å². The van der Waals surface area contributed by atoms with Crippen molar-refractivity contribution >= 4 is 33.6 Å². The summed E-state index contributed by atoms with van der Waals surface area (Å²) in [4.78, 5) is 58.8. The molecule has 0 saturated heterocycles. The summed E-state index contributed by atoms with van der Waals surface area (Å²) in [6.07, 6.45) is 111. The number of esters is 3. The third-order valence-corrected chi connectivity index (χ3v) is 19.2. The van der Waals surface area contributed by atoms with Gasteiger partial charge in [0.25, 0.3) is 0 Å². The van der Waals surface area contributed by atoms with Crippen molar-refractivity contribution in [2.24, 2.45) is 0 Å². The molecule has 0 aromatic heterocycles. The Hall–Kier alpha value is -5.61. The van der Waals surface area contributed by atoms with Gasteiger partial charge in [-0.05, 0) is 154 Å². The quantitative estimate of drug-likeness (QED) is 0.0146. The summed E-state index contributed by atoms with van der Waals surface area (Å²) < 4.78 is 61.2. The van der Waals surface area contributed by atoms with E-state index in [-0.39, 0.29) is 19.3 Å². The van der Waals surface area contributed by atoms with Gasteiger partial charge in [0.15, 0.2) is 6.10 Å². The molecule has 111 heavy (non-hydrogen) atoms. The van der Waals surface area contributed by atoms with Gasteiger partial charge in [-0.15, -0.1) is 0 Å². The summed E-state index contributed by atoms with van der Waals surface area (Å²) in [5, 5.41) is 20.7. The fourth-order valence-electron chi connectivity index (χ4n) is 10.9.